The maximum absolute atomic E-state index is 12.5. The van der Waals surface area contributed by atoms with Crippen molar-refractivity contribution in [1.82, 2.24) is 0 Å². The number of hydrogen-bond donors (Lipinski definition) is 0. The van der Waals surface area contributed by atoms with E-state index in [1.165, 1.54) is 63.4 Å². The Morgan fingerprint density at radius 2 is 1.56 bits per heavy atom. The van der Waals surface area contributed by atoms with Gasteiger partial charge in [0.25, 0.3) is 0 Å². The number of fused-ring (bicyclic) bond motifs is 5. The number of carbonyl (C=O) groups is 1. The van der Waals surface area contributed by atoms with E-state index in [1.807, 2.05) is 0 Å². The minimum atomic E-state index is 0.442. The fourth-order valence-corrected chi connectivity index (χ4v) is 5.46. The summed E-state index contributed by atoms with van der Waals surface area (Å²) in [4.78, 5) is 12.5. The smallest absolute Gasteiger partial charge is 0.162 e. The molecule has 0 heterocycles. The molecule has 18 heavy (non-hydrogen) atoms. The summed E-state index contributed by atoms with van der Waals surface area (Å²) in [6.07, 6.45) is 14.6. The van der Waals surface area contributed by atoms with Gasteiger partial charge in [-0.3, -0.25) is 4.79 Å². The van der Waals surface area contributed by atoms with Crippen molar-refractivity contribution < 1.29 is 4.79 Å². The average molecular weight is 244 g/mol. The molecule has 4 aliphatic carbocycles. The first-order valence-electron chi connectivity index (χ1n) is 8.10. The second-order valence-electron chi connectivity index (χ2n) is 7.09. The summed E-state index contributed by atoms with van der Waals surface area (Å²) in [5, 5.41) is 0. The first-order valence-corrected chi connectivity index (χ1v) is 8.10. The standard InChI is InChI=1S/C17H24O/c18-17-15(9-11-5-2-1-3-6-11)14-10-16(17)13-8-4-7-12(13)14/h9,11-14,16H,1-8,10H2/b15-9+. The zero-order chi connectivity index (χ0) is 12.1. The number of rotatable bonds is 1. The Bertz CT molecular complexity index is 388. The summed E-state index contributed by atoms with van der Waals surface area (Å²) in [7, 11) is 0. The molecule has 98 valence electrons. The Morgan fingerprint density at radius 3 is 2.33 bits per heavy atom. The van der Waals surface area contributed by atoms with Crippen LogP contribution in [-0.4, -0.2) is 5.78 Å². The van der Waals surface area contributed by atoms with Crippen molar-refractivity contribution in [2.75, 3.05) is 0 Å². The van der Waals surface area contributed by atoms with Gasteiger partial charge in [0.1, 0.15) is 0 Å². The van der Waals surface area contributed by atoms with E-state index in [-0.39, 0.29) is 0 Å². The highest BCUT2D eigenvalue weighted by Crippen LogP contribution is 2.59. The van der Waals surface area contributed by atoms with Gasteiger partial charge >= 0.3 is 0 Å². The van der Waals surface area contributed by atoms with Crippen molar-refractivity contribution in [2.45, 2.75) is 57.8 Å². The maximum Gasteiger partial charge on any atom is 0.162 e. The Hall–Kier alpha value is -0.590. The lowest BCUT2D eigenvalue weighted by molar-refractivity contribution is -0.120. The zero-order valence-corrected chi connectivity index (χ0v) is 11.2. The Morgan fingerprint density at radius 1 is 0.833 bits per heavy atom. The summed E-state index contributed by atoms with van der Waals surface area (Å²) >= 11 is 0. The molecule has 4 aliphatic rings. The molecule has 0 aromatic heterocycles. The van der Waals surface area contributed by atoms with Crippen LogP contribution in [-0.2, 0) is 4.79 Å². The van der Waals surface area contributed by atoms with Crippen LogP contribution >= 0.6 is 0 Å². The molecule has 0 amide bonds. The SMILES string of the molecule is O=C1/C(=C/C2CCCCC2)C2CC1C1CCCC21. The topological polar surface area (TPSA) is 17.1 Å². The van der Waals surface area contributed by atoms with Gasteiger partial charge in [-0.15, -0.1) is 0 Å². The summed E-state index contributed by atoms with van der Waals surface area (Å²) < 4.78 is 0. The minimum absolute atomic E-state index is 0.442. The van der Waals surface area contributed by atoms with Gasteiger partial charge in [0.15, 0.2) is 5.78 Å². The van der Waals surface area contributed by atoms with Gasteiger partial charge in [-0.25, -0.2) is 0 Å². The molecular weight excluding hydrogens is 220 g/mol. The molecule has 0 radical (unpaired) electrons. The maximum atomic E-state index is 12.5. The lowest BCUT2D eigenvalue weighted by Gasteiger charge is -2.27. The van der Waals surface area contributed by atoms with Crippen LogP contribution in [0.1, 0.15) is 57.8 Å². The quantitative estimate of drug-likeness (QED) is 0.634. The highest BCUT2D eigenvalue weighted by molar-refractivity contribution is 6.01. The third-order valence-corrected chi connectivity index (χ3v) is 6.25. The molecule has 0 aromatic rings. The third-order valence-electron chi connectivity index (χ3n) is 6.25. The highest BCUT2D eigenvalue weighted by atomic mass is 16.1. The largest absolute Gasteiger partial charge is 0.294 e. The van der Waals surface area contributed by atoms with E-state index in [2.05, 4.69) is 6.08 Å². The first kappa shape index (κ1) is 11.3. The third kappa shape index (κ3) is 1.55. The second-order valence-corrected chi connectivity index (χ2v) is 7.09. The summed E-state index contributed by atoms with van der Waals surface area (Å²) in [6.45, 7) is 0. The van der Waals surface area contributed by atoms with Crippen molar-refractivity contribution in [2.24, 2.45) is 29.6 Å². The molecule has 4 rings (SSSR count). The molecule has 4 saturated carbocycles. The fourth-order valence-electron chi connectivity index (χ4n) is 5.46. The molecule has 0 aliphatic heterocycles. The molecule has 0 spiro atoms. The molecule has 4 atom stereocenters. The van der Waals surface area contributed by atoms with E-state index >= 15 is 0 Å². The van der Waals surface area contributed by atoms with Crippen LogP contribution in [0.5, 0.6) is 0 Å². The number of Topliss-reactive ketones (excluding diaryl/α,β-unsaturated/α-hetero) is 1. The van der Waals surface area contributed by atoms with E-state index in [9.17, 15) is 4.79 Å². The highest BCUT2D eigenvalue weighted by Gasteiger charge is 2.56. The predicted octanol–water partition coefficient (Wildman–Crippen LogP) is 4.13. The van der Waals surface area contributed by atoms with E-state index in [0.29, 0.717) is 17.6 Å². The fraction of sp³-hybridized carbons (Fsp3) is 0.824. The molecule has 1 nitrogen and oxygen atoms in total. The summed E-state index contributed by atoms with van der Waals surface area (Å²) in [5.41, 5.74) is 1.29. The van der Waals surface area contributed by atoms with Crippen molar-refractivity contribution in [3.05, 3.63) is 11.6 Å². The number of hydrogen-bond acceptors (Lipinski definition) is 1. The van der Waals surface area contributed by atoms with Gasteiger partial charge in [-0.05, 0) is 61.3 Å². The lowest BCUT2D eigenvalue weighted by atomic mass is 9.76. The summed E-state index contributed by atoms with van der Waals surface area (Å²) in [6, 6.07) is 0. The molecule has 4 unspecified atom stereocenters. The normalized spacial score (nSPS) is 46.0. The van der Waals surface area contributed by atoms with Crippen molar-refractivity contribution in [3.8, 4) is 0 Å². The zero-order valence-electron chi connectivity index (χ0n) is 11.2. The minimum Gasteiger partial charge on any atom is -0.294 e. The van der Waals surface area contributed by atoms with Crippen molar-refractivity contribution in [1.29, 1.82) is 0 Å². The van der Waals surface area contributed by atoms with Gasteiger partial charge in [-0.2, -0.15) is 0 Å². The van der Waals surface area contributed by atoms with E-state index in [0.717, 1.165) is 17.8 Å². The van der Waals surface area contributed by atoms with Gasteiger partial charge in [0, 0.05) is 5.92 Å². The van der Waals surface area contributed by atoms with Crippen LogP contribution in [0.25, 0.3) is 0 Å². The molecule has 0 N–H and O–H groups in total. The van der Waals surface area contributed by atoms with E-state index < -0.39 is 0 Å². The van der Waals surface area contributed by atoms with E-state index in [1.54, 1.807) is 0 Å². The van der Waals surface area contributed by atoms with Crippen molar-refractivity contribution >= 4 is 5.78 Å². The number of allylic oxidation sites excluding steroid dienone is 2. The second kappa shape index (κ2) is 4.21. The van der Waals surface area contributed by atoms with Crippen LogP contribution in [0.2, 0.25) is 0 Å². The molecule has 0 aromatic carbocycles. The Labute approximate surface area is 110 Å². The van der Waals surface area contributed by atoms with Crippen LogP contribution in [0.15, 0.2) is 11.6 Å². The van der Waals surface area contributed by atoms with Gasteiger partial charge in [-0.1, -0.05) is 31.8 Å². The first-order chi connectivity index (χ1) is 8.84. The Balaban J connectivity index is 1.58. The molecule has 1 heteroatoms. The lowest BCUT2D eigenvalue weighted by Crippen LogP contribution is -2.27. The predicted molar refractivity (Wildman–Crippen MR) is 72.1 cm³/mol. The van der Waals surface area contributed by atoms with Crippen molar-refractivity contribution in [3.63, 3.8) is 0 Å². The number of carbonyl (C=O) groups excluding carboxylic acids is 1. The van der Waals surface area contributed by atoms with Crippen LogP contribution in [0.4, 0.5) is 0 Å². The van der Waals surface area contributed by atoms with Gasteiger partial charge in [0.05, 0.1) is 0 Å². The average Bonchev–Trinajstić information content (AvgIpc) is 3.04. The van der Waals surface area contributed by atoms with Crippen LogP contribution in [0.3, 0.4) is 0 Å². The Kier molecular flexibility index (Phi) is 2.63. The van der Waals surface area contributed by atoms with E-state index in [4.69, 9.17) is 0 Å². The monoisotopic (exact) mass is 244 g/mol. The van der Waals surface area contributed by atoms with Gasteiger partial charge < -0.3 is 0 Å². The summed E-state index contributed by atoms with van der Waals surface area (Å²) in [5.74, 6) is 4.09. The van der Waals surface area contributed by atoms with Gasteiger partial charge in [0.2, 0.25) is 0 Å². The number of ketones is 1. The molecule has 0 saturated heterocycles. The van der Waals surface area contributed by atoms with Crippen LogP contribution < -0.4 is 0 Å². The molecular formula is C17H24O. The van der Waals surface area contributed by atoms with Crippen LogP contribution in [0, 0.1) is 29.6 Å². The molecule has 4 fully saturated rings. The molecule has 2 bridgehead atoms.